The number of halogens is 1. The van der Waals surface area contributed by atoms with E-state index in [1.165, 1.54) is 31.2 Å². The quantitative estimate of drug-likeness (QED) is 0.915. The summed E-state index contributed by atoms with van der Waals surface area (Å²) in [6.45, 7) is 0. The minimum Gasteiger partial charge on any atom is -0.310 e. The highest BCUT2D eigenvalue weighted by atomic mass is 79.9. The van der Waals surface area contributed by atoms with Gasteiger partial charge in [0.1, 0.15) is 0 Å². The number of nitrogens with zero attached hydrogens (tertiary/aromatic N) is 1. The summed E-state index contributed by atoms with van der Waals surface area (Å²) in [5.41, 5.74) is 1.45. The first-order chi connectivity index (χ1) is 9.26. The molecule has 2 aliphatic rings. The summed E-state index contributed by atoms with van der Waals surface area (Å²) in [5.74, 6) is 0.944. The van der Waals surface area contributed by atoms with E-state index in [9.17, 15) is 0 Å². The highest BCUT2D eigenvalue weighted by molar-refractivity contribution is 9.10. The van der Waals surface area contributed by atoms with Crippen molar-refractivity contribution in [3.8, 4) is 6.07 Å². The molecule has 0 heterocycles. The molecule has 3 rings (SSSR count). The van der Waals surface area contributed by atoms with Gasteiger partial charge in [-0.1, -0.05) is 34.5 Å². The van der Waals surface area contributed by atoms with Crippen LogP contribution in [0.2, 0.25) is 0 Å². The van der Waals surface area contributed by atoms with E-state index >= 15 is 0 Å². The van der Waals surface area contributed by atoms with Crippen LogP contribution in [-0.4, -0.2) is 12.1 Å². The average molecular weight is 319 g/mol. The molecule has 2 unspecified atom stereocenters. The zero-order chi connectivity index (χ0) is 13.2. The molecule has 3 heteroatoms. The highest BCUT2D eigenvalue weighted by Gasteiger charge is 2.35. The first-order valence-electron chi connectivity index (χ1n) is 7.17. The second kappa shape index (κ2) is 5.64. The Labute approximate surface area is 123 Å². The number of rotatable bonds is 3. The molecule has 0 amide bonds. The van der Waals surface area contributed by atoms with Crippen LogP contribution < -0.4 is 5.32 Å². The van der Waals surface area contributed by atoms with Gasteiger partial charge >= 0.3 is 0 Å². The lowest BCUT2D eigenvalue weighted by Gasteiger charge is -2.38. The third-order valence-corrected chi connectivity index (χ3v) is 5.14. The van der Waals surface area contributed by atoms with Crippen molar-refractivity contribution in [3.63, 3.8) is 0 Å². The summed E-state index contributed by atoms with van der Waals surface area (Å²) in [7, 11) is 0. The van der Waals surface area contributed by atoms with E-state index in [1.54, 1.807) is 0 Å². The summed E-state index contributed by atoms with van der Waals surface area (Å²) in [5, 5.41) is 12.8. The van der Waals surface area contributed by atoms with Crippen LogP contribution in [0.1, 0.15) is 43.6 Å². The molecule has 2 atom stereocenters. The van der Waals surface area contributed by atoms with Crippen LogP contribution in [0.5, 0.6) is 0 Å². The molecule has 2 aliphatic carbocycles. The molecule has 1 N–H and O–H groups in total. The summed E-state index contributed by atoms with van der Waals surface area (Å²) >= 11 is 3.48. The van der Waals surface area contributed by atoms with Crippen LogP contribution in [0.25, 0.3) is 0 Å². The zero-order valence-electron chi connectivity index (χ0n) is 11.0. The molecule has 0 spiro atoms. The van der Waals surface area contributed by atoms with Gasteiger partial charge in [0.05, 0.1) is 12.0 Å². The Kier molecular flexibility index (Phi) is 3.91. The van der Waals surface area contributed by atoms with E-state index in [1.807, 2.05) is 0 Å². The SMILES string of the molecule is N#CC1CCCC1NC1CC(c2ccc(Br)cc2)C1. The van der Waals surface area contributed by atoms with Crippen molar-refractivity contribution in [2.45, 2.75) is 50.1 Å². The van der Waals surface area contributed by atoms with E-state index < -0.39 is 0 Å². The number of hydrogen-bond acceptors (Lipinski definition) is 2. The van der Waals surface area contributed by atoms with E-state index in [4.69, 9.17) is 5.26 Å². The lowest BCUT2D eigenvalue weighted by molar-refractivity contribution is 0.254. The average Bonchev–Trinajstić information content (AvgIpc) is 2.82. The minimum atomic E-state index is 0.242. The van der Waals surface area contributed by atoms with Crippen molar-refractivity contribution in [3.05, 3.63) is 34.3 Å². The van der Waals surface area contributed by atoms with E-state index in [2.05, 4.69) is 51.6 Å². The van der Waals surface area contributed by atoms with Gasteiger partial charge in [0.2, 0.25) is 0 Å². The Morgan fingerprint density at radius 2 is 1.89 bits per heavy atom. The lowest BCUT2D eigenvalue weighted by Crippen LogP contribution is -2.46. The third-order valence-electron chi connectivity index (χ3n) is 4.61. The minimum absolute atomic E-state index is 0.242. The van der Waals surface area contributed by atoms with Crippen LogP contribution in [0.15, 0.2) is 28.7 Å². The second-order valence-electron chi connectivity index (χ2n) is 5.86. The lowest BCUT2D eigenvalue weighted by atomic mass is 9.75. The normalized spacial score (nSPS) is 33.7. The van der Waals surface area contributed by atoms with Gasteiger partial charge in [-0.05, 0) is 49.3 Å². The van der Waals surface area contributed by atoms with Crippen molar-refractivity contribution < 1.29 is 0 Å². The Morgan fingerprint density at radius 1 is 1.16 bits per heavy atom. The Hall–Kier alpha value is -0.850. The standard InChI is InChI=1S/C16H19BrN2/c17-14-6-4-11(5-7-14)13-8-15(9-13)19-16-3-1-2-12(16)10-18/h4-7,12-13,15-16,19H,1-3,8-9H2. The van der Waals surface area contributed by atoms with Crippen molar-refractivity contribution in [1.29, 1.82) is 5.26 Å². The molecule has 2 saturated carbocycles. The number of benzene rings is 1. The second-order valence-corrected chi connectivity index (χ2v) is 6.77. The maximum atomic E-state index is 9.10. The topological polar surface area (TPSA) is 35.8 Å². The number of nitriles is 1. The predicted octanol–water partition coefficient (Wildman–Crippen LogP) is 3.98. The fourth-order valence-corrected chi connectivity index (χ4v) is 3.64. The third kappa shape index (κ3) is 2.85. The Morgan fingerprint density at radius 3 is 2.58 bits per heavy atom. The maximum absolute atomic E-state index is 9.10. The van der Waals surface area contributed by atoms with Gasteiger partial charge in [0, 0.05) is 16.6 Å². The van der Waals surface area contributed by atoms with E-state index in [0.29, 0.717) is 18.0 Å². The van der Waals surface area contributed by atoms with Gasteiger partial charge in [0.15, 0.2) is 0 Å². The smallest absolute Gasteiger partial charge is 0.0672 e. The number of hydrogen-bond donors (Lipinski definition) is 1. The molecule has 100 valence electrons. The Balaban J connectivity index is 1.50. The summed E-state index contributed by atoms with van der Waals surface area (Å²) in [6, 6.07) is 12.2. The molecule has 2 nitrogen and oxygen atoms in total. The molecule has 1 aromatic carbocycles. The number of nitrogens with one attached hydrogen (secondary N) is 1. The van der Waals surface area contributed by atoms with Gasteiger partial charge in [-0.15, -0.1) is 0 Å². The van der Waals surface area contributed by atoms with Gasteiger partial charge in [-0.3, -0.25) is 0 Å². The monoisotopic (exact) mass is 318 g/mol. The van der Waals surface area contributed by atoms with Crippen LogP contribution in [-0.2, 0) is 0 Å². The van der Waals surface area contributed by atoms with Crippen LogP contribution in [0.3, 0.4) is 0 Å². The van der Waals surface area contributed by atoms with Crippen LogP contribution >= 0.6 is 15.9 Å². The maximum Gasteiger partial charge on any atom is 0.0672 e. The Bertz CT molecular complexity index is 471. The molecule has 0 bridgehead atoms. The molecule has 2 fully saturated rings. The van der Waals surface area contributed by atoms with E-state index in [-0.39, 0.29) is 5.92 Å². The summed E-state index contributed by atoms with van der Waals surface area (Å²) in [4.78, 5) is 0. The molecular formula is C16H19BrN2. The van der Waals surface area contributed by atoms with Crippen molar-refractivity contribution in [2.24, 2.45) is 5.92 Å². The molecule has 0 radical (unpaired) electrons. The molecule has 0 saturated heterocycles. The largest absolute Gasteiger partial charge is 0.310 e. The van der Waals surface area contributed by atoms with Gasteiger partial charge < -0.3 is 5.32 Å². The molecule has 19 heavy (non-hydrogen) atoms. The molecule has 0 aliphatic heterocycles. The van der Waals surface area contributed by atoms with Crippen LogP contribution in [0, 0.1) is 17.2 Å². The fraction of sp³-hybridized carbons (Fsp3) is 0.562. The van der Waals surface area contributed by atoms with Crippen molar-refractivity contribution >= 4 is 15.9 Å². The first-order valence-corrected chi connectivity index (χ1v) is 7.96. The zero-order valence-corrected chi connectivity index (χ0v) is 12.6. The highest BCUT2D eigenvalue weighted by Crippen LogP contribution is 2.38. The molecule has 1 aromatic rings. The van der Waals surface area contributed by atoms with Gasteiger partial charge in [-0.25, -0.2) is 0 Å². The van der Waals surface area contributed by atoms with Crippen molar-refractivity contribution in [2.75, 3.05) is 0 Å². The fourth-order valence-electron chi connectivity index (χ4n) is 3.38. The predicted molar refractivity (Wildman–Crippen MR) is 79.8 cm³/mol. The molecule has 0 aromatic heterocycles. The van der Waals surface area contributed by atoms with Crippen LogP contribution in [0.4, 0.5) is 0 Å². The van der Waals surface area contributed by atoms with Gasteiger partial charge in [0.25, 0.3) is 0 Å². The molecular weight excluding hydrogens is 300 g/mol. The van der Waals surface area contributed by atoms with Crippen molar-refractivity contribution in [1.82, 2.24) is 5.32 Å². The summed E-state index contributed by atoms with van der Waals surface area (Å²) < 4.78 is 1.15. The van der Waals surface area contributed by atoms with Gasteiger partial charge in [-0.2, -0.15) is 5.26 Å². The van der Waals surface area contributed by atoms with E-state index in [0.717, 1.165) is 10.9 Å². The summed E-state index contributed by atoms with van der Waals surface area (Å²) in [6.07, 6.45) is 5.90. The first kappa shape index (κ1) is 13.1.